The van der Waals surface area contributed by atoms with Gasteiger partial charge in [-0.2, -0.15) is 0 Å². The first-order chi connectivity index (χ1) is 8.51. The number of hydrogen-bond donors (Lipinski definition) is 1. The van der Waals surface area contributed by atoms with Gasteiger partial charge in [0.2, 0.25) is 0 Å². The number of rotatable bonds is 4. The van der Waals surface area contributed by atoms with Crippen molar-refractivity contribution in [3.05, 3.63) is 35.0 Å². The van der Waals surface area contributed by atoms with Gasteiger partial charge in [0, 0.05) is 12.5 Å². The average molecular weight is 268 g/mol. The summed E-state index contributed by atoms with van der Waals surface area (Å²) in [7, 11) is 1.67. The zero-order valence-corrected chi connectivity index (χ0v) is 11.6. The Labute approximate surface area is 112 Å². The van der Waals surface area contributed by atoms with Gasteiger partial charge in [-0.1, -0.05) is 30.7 Å². The minimum Gasteiger partial charge on any atom is -0.458 e. The molecule has 0 fully saturated rings. The van der Waals surface area contributed by atoms with E-state index >= 15 is 0 Å². The molecule has 0 bridgehead atoms. The van der Waals surface area contributed by atoms with Gasteiger partial charge in [-0.25, -0.2) is 0 Å². The van der Waals surface area contributed by atoms with Crippen LogP contribution < -0.4 is 5.73 Å². The van der Waals surface area contributed by atoms with Crippen molar-refractivity contribution in [3.63, 3.8) is 0 Å². The van der Waals surface area contributed by atoms with Crippen molar-refractivity contribution in [2.45, 2.75) is 31.9 Å². The molecule has 2 atom stereocenters. The second kappa shape index (κ2) is 4.92. The van der Waals surface area contributed by atoms with Gasteiger partial charge in [-0.05, 0) is 25.5 Å². The minimum atomic E-state index is -0.444. The van der Waals surface area contributed by atoms with Crippen LogP contribution in [0.15, 0.2) is 28.7 Å². The smallest absolute Gasteiger partial charge is 0.152 e. The summed E-state index contributed by atoms with van der Waals surface area (Å²) >= 11 is 6.09. The van der Waals surface area contributed by atoms with Crippen LogP contribution in [0.1, 0.15) is 32.1 Å². The van der Waals surface area contributed by atoms with Gasteiger partial charge < -0.3 is 14.9 Å². The van der Waals surface area contributed by atoms with Crippen LogP contribution in [-0.4, -0.2) is 12.7 Å². The number of halogens is 1. The Kier molecular flexibility index (Phi) is 3.66. The fourth-order valence-electron chi connectivity index (χ4n) is 1.99. The molecule has 0 aliphatic heterocycles. The maximum atomic E-state index is 6.25. The molecule has 18 heavy (non-hydrogen) atoms. The number of para-hydroxylation sites is 1. The predicted molar refractivity (Wildman–Crippen MR) is 73.9 cm³/mol. The molecular formula is C14H18ClNO2. The first-order valence-electron chi connectivity index (χ1n) is 6.00. The van der Waals surface area contributed by atoms with Crippen molar-refractivity contribution in [1.82, 2.24) is 0 Å². The summed E-state index contributed by atoms with van der Waals surface area (Å²) in [5, 5.41) is 1.56. The first kappa shape index (κ1) is 13.4. The molecule has 1 aromatic heterocycles. The predicted octanol–water partition coefficient (Wildman–Crippen LogP) is 3.90. The van der Waals surface area contributed by atoms with Crippen LogP contribution in [0.3, 0.4) is 0 Å². The lowest BCUT2D eigenvalue weighted by atomic mass is 9.92. The van der Waals surface area contributed by atoms with E-state index in [1.165, 1.54) is 0 Å². The van der Waals surface area contributed by atoms with Gasteiger partial charge >= 0.3 is 0 Å². The van der Waals surface area contributed by atoms with Crippen LogP contribution >= 0.6 is 11.6 Å². The van der Waals surface area contributed by atoms with Crippen LogP contribution in [0.5, 0.6) is 0 Å². The number of fused-ring (bicyclic) bond motifs is 1. The van der Waals surface area contributed by atoms with Gasteiger partial charge in [0.25, 0.3) is 0 Å². The maximum Gasteiger partial charge on any atom is 0.152 e. The summed E-state index contributed by atoms with van der Waals surface area (Å²) in [5.74, 6) is 0.698. The Morgan fingerprint density at radius 1 is 1.50 bits per heavy atom. The summed E-state index contributed by atoms with van der Waals surface area (Å²) in [6.45, 7) is 4.02. The molecule has 3 nitrogen and oxygen atoms in total. The normalized spacial score (nSPS) is 16.7. The summed E-state index contributed by atoms with van der Waals surface area (Å²) in [6, 6.07) is 7.26. The third-order valence-corrected chi connectivity index (χ3v) is 3.95. The third kappa shape index (κ3) is 2.14. The summed E-state index contributed by atoms with van der Waals surface area (Å²) in [6.07, 6.45) is 0.801. The zero-order chi connectivity index (χ0) is 13.3. The Bertz CT molecular complexity index is 546. The van der Waals surface area contributed by atoms with Crippen molar-refractivity contribution < 1.29 is 9.15 Å². The highest BCUT2D eigenvalue weighted by molar-refractivity contribution is 6.34. The lowest BCUT2D eigenvalue weighted by Crippen LogP contribution is -2.39. The van der Waals surface area contributed by atoms with E-state index in [0.717, 1.165) is 11.8 Å². The highest BCUT2D eigenvalue weighted by Gasteiger charge is 2.33. The molecule has 0 saturated heterocycles. The van der Waals surface area contributed by atoms with Gasteiger partial charge in [-0.15, -0.1) is 0 Å². The molecule has 0 saturated carbocycles. The van der Waals surface area contributed by atoms with Crippen LogP contribution in [0.4, 0.5) is 0 Å². The average Bonchev–Trinajstić information content (AvgIpc) is 2.82. The molecule has 2 aromatic rings. The molecule has 0 radical (unpaired) electrons. The quantitative estimate of drug-likeness (QED) is 0.914. The highest BCUT2D eigenvalue weighted by atomic mass is 35.5. The molecular weight excluding hydrogens is 250 g/mol. The molecule has 0 amide bonds. The number of hydrogen-bond acceptors (Lipinski definition) is 3. The van der Waals surface area contributed by atoms with E-state index in [2.05, 4.69) is 0 Å². The maximum absolute atomic E-state index is 6.25. The number of furan rings is 1. The monoisotopic (exact) mass is 267 g/mol. The molecule has 98 valence electrons. The fraction of sp³-hybridized carbons (Fsp3) is 0.429. The molecule has 1 heterocycles. The number of ether oxygens (including phenoxy) is 1. The van der Waals surface area contributed by atoms with Gasteiger partial charge in [0.05, 0.1) is 16.7 Å². The summed E-state index contributed by atoms with van der Waals surface area (Å²) in [5.41, 5.74) is 6.48. The SMILES string of the molecule is CCC(C)(OC)C(N)c1cc2cccc(Cl)c2o1. The lowest BCUT2D eigenvalue weighted by Gasteiger charge is -2.31. The summed E-state index contributed by atoms with van der Waals surface area (Å²) in [4.78, 5) is 0. The van der Waals surface area contributed by atoms with Gasteiger partial charge in [0.15, 0.2) is 5.58 Å². The molecule has 0 aliphatic rings. The van der Waals surface area contributed by atoms with E-state index in [1.54, 1.807) is 13.2 Å². The first-order valence-corrected chi connectivity index (χ1v) is 6.38. The van der Waals surface area contributed by atoms with Crippen molar-refractivity contribution in [2.24, 2.45) is 5.73 Å². The van der Waals surface area contributed by atoms with E-state index in [1.807, 2.05) is 32.0 Å². The van der Waals surface area contributed by atoms with Gasteiger partial charge in [-0.3, -0.25) is 0 Å². The van der Waals surface area contributed by atoms with E-state index in [-0.39, 0.29) is 6.04 Å². The second-order valence-electron chi connectivity index (χ2n) is 4.65. The summed E-state index contributed by atoms with van der Waals surface area (Å²) < 4.78 is 11.3. The zero-order valence-electron chi connectivity index (χ0n) is 10.9. The van der Waals surface area contributed by atoms with Crippen LogP contribution in [-0.2, 0) is 4.74 Å². The number of methoxy groups -OCH3 is 1. The second-order valence-corrected chi connectivity index (χ2v) is 5.06. The van der Waals surface area contributed by atoms with E-state index in [9.17, 15) is 0 Å². The number of nitrogens with two attached hydrogens (primary N) is 1. The van der Waals surface area contributed by atoms with E-state index in [0.29, 0.717) is 16.4 Å². The third-order valence-electron chi connectivity index (χ3n) is 3.65. The van der Waals surface area contributed by atoms with Gasteiger partial charge in [0.1, 0.15) is 5.76 Å². The Balaban J connectivity index is 2.45. The minimum absolute atomic E-state index is 0.323. The molecule has 2 N–H and O–H groups in total. The van der Waals surface area contributed by atoms with Crippen molar-refractivity contribution >= 4 is 22.6 Å². The Morgan fingerprint density at radius 2 is 2.22 bits per heavy atom. The van der Waals surface area contributed by atoms with Crippen molar-refractivity contribution in [1.29, 1.82) is 0 Å². The van der Waals surface area contributed by atoms with E-state index in [4.69, 9.17) is 26.5 Å². The number of benzene rings is 1. The Morgan fingerprint density at radius 3 is 2.78 bits per heavy atom. The van der Waals surface area contributed by atoms with Crippen LogP contribution in [0, 0.1) is 0 Å². The standard InChI is InChI=1S/C14H18ClNO2/c1-4-14(2,17-3)13(16)11-8-9-6-5-7-10(15)12(9)18-11/h5-8,13H,4,16H2,1-3H3. The van der Waals surface area contributed by atoms with Crippen molar-refractivity contribution in [3.8, 4) is 0 Å². The molecule has 4 heteroatoms. The lowest BCUT2D eigenvalue weighted by molar-refractivity contribution is -0.0240. The van der Waals surface area contributed by atoms with E-state index < -0.39 is 5.60 Å². The highest BCUT2D eigenvalue weighted by Crippen LogP contribution is 2.34. The van der Waals surface area contributed by atoms with Crippen molar-refractivity contribution in [2.75, 3.05) is 7.11 Å². The fourth-order valence-corrected chi connectivity index (χ4v) is 2.21. The topological polar surface area (TPSA) is 48.4 Å². The molecule has 2 unspecified atom stereocenters. The van der Waals surface area contributed by atoms with Crippen LogP contribution in [0.2, 0.25) is 5.02 Å². The molecule has 1 aromatic carbocycles. The molecule has 0 spiro atoms. The Hall–Kier alpha value is -1.03. The molecule has 0 aliphatic carbocycles. The largest absolute Gasteiger partial charge is 0.458 e. The molecule has 2 rings (SSSR count). The van der Waals surface area contributed by atoms with Crippen LogP contribution in [0.25, 0.3) is 11.0 Å².